The molecular weight excluding hydrogens is 222 g/mol. The van der Waals surface area contributed by atoms with E-state index in [2.05, 4.69) is 15.5 Å². The third-order valence-electron chi connectivity index (χ3n) is 1.36. The Morgan fingerprint density at radius 2 is 2.47 bits per heavy atom. The van der Waals surface area contributed by atoms with Gasteiger partial charge in [-0.1, -0.05) is 11.6 Å². The van der Waals surface area contributed by atoms with Gasteiger partial charge >= 0.3 is 5.82 Å². The monoisotopic (exact) mass is 229 g/mol. The number of amidine groups is 1. The summed E-state index contributed by atoms with van der Waals surface area (Å²) in [6.07, 6.45) is 1.18. The molecule has 0 aliphatic rings. The number of rotatable bonds is 3. The molecule has 0 spiro atoms. The van der Waals surface area contributed by atoms with Gasteiger partial charge in [0, 0.05) is 0 Å². The smallest absolute Gasteiger partial charge is 0.386 e. The van der Waals surface area contributed by atoms with Crippen molar-refractivity contribution in [2.75, 3.05) is 5.43 Å². The fourth-order valence-electron chi connectivity index (χ4n) is 0.808. The van der Waals surface area contributed by atoms with E-state index in [0.29, 0.717) is 0 Å². The Bertz CT molecular complexity index is 416. The van der Waals surface area contributed by atoms with Gasteiger partial charge in [0.05, 0.1) is 5.02 Å². The largest absolute Gasteiger partial charge is 0.388 e. The van der Waals surface area contributed by atoms with E-state index in [1.54, 1.807) is 0 Å². The summed E-state index contributed by atoms with van der Waals surface area (Å²) in [7, 11) is 0. The predicted molar refractivity (Wildman–Crippen MR) is 56.8 cm³/mol. The van der Waals surface area contributed by atoms with Gasteiger partial charge in [0.15, 0.2) is 11.9 Å². The topological polar surface area (TPSA) is 106 Å². The number of hydrogen-bond donors (Lipinski definition) is 2. The Kier molecular flexibility index (Phi) is 3.40. The summed E-state index contributed by atoms with van der Waals surface area (Å²) in [5.74, 6) is -0.117. The Labute approximate surface area is 90.1 Å². The van der Waals surface area contributed by atoms with Crippen molar-refractivity contribution in [2.24, 2.45) is 10.8 Å². The molecule has 3 N–H and O–H groups in total. The highest BCUT2D eigenvalue weighted by Gasteiger charge is 2.15. The molecule has 0 saturated carbocycles. The summed E-state index contributed by atoms with van der Waals surface area (Å²) in [6.45, 7) is 1.54. The molecule has 1 aromatic rings. The number of hydrogen-bond acceptors (Lipinski definition) is 5. The molecular formula is C7H8ClN5O2. The first-order valence-corrected chi connectivity index (χ1v) is 4.24. The molecule has 0 saturated heterocycles. The average molecular weight is 230 g/mol. The van der Waals surface area contributed by atoms with Crippen molar-refractivity contribution in [2.45, 2.75) is 6.92 Å². The second-order valence-corrected chi connectivity index (χ2v) is 3.08. The first kappa shape index (κ1) is 11.2. The van der Waals surface area contributed by atoms with Crippen molar-refractivity contribution in [3.8, 4) is 0 Å². The first-order valence-electron chi connectivity index (χ1n) is 3.86. The molecule has 0 unspecified atom stereocenters. The van der Waals surface area contributed by atoms with Crippen LogP contribution in [0, 0.1) is 10.1 Å². The second-order valence-electron chi connectivity index (χ2n) is 2.65. The third-order valence-corrected chi connectivity index (χ3v) is 1.57. The predicted octanol–water partition coefficient (Wildman–Crippen LogP) is 1.35. The van der Waals surface area contributed by atoms with Gasteiger partial charge in [-0.3, -0.25) is 5.43 Å². The molecule has 0 radical (unpaired) electrons. The van der Waals surface area contributed by atoms with Crippen molar-refractivity contribution in [1.29, 1.82) is 0 Å². The number of hydrazone groups is 1. The maximum absolute atomic E-state index is 10.6. The summed E-state index contributed by atoms with van der Waals surface area (Å²) in [5.41, 5.74) is 7.77. The maximum Gasteiger partial charge on any atom is 0.388 e. The minimum atomic E-state index is -0.639. The van der Waals surface area contributed by atoms with E-state index < -0.39 is 4.92 Å². The number of halogens is 1. The highest BCUT2D eigenvalue weighted by molar-refractivity contribution is 6.30. The van der Waals surface area contributed by atoms with E-state index in [1.807, 2.05) is 0 Å². The van der Waals surface area contributed by atoms with Crippen molar-refractivity contribution in [3.05, 3.63) is 27.4 Å². The lowest BCUT2D eigenvalue weighted by Crippen LogP contribution is -2.09. The molecule has 0 aromatic carbocycles. The number of nitro groups is 1. The number of aromatic nitrogens is 1. The van der Waals surface area contributed by atoms with Crippen LogP contribution in [0.2, 0.25) is 5.02 Å². The molecule has 0 aliphatic heterocycles. The minimum absolute atomic E-state index is 0.0947. The summed E-state index contributed by atoms with van der Waals surface area (Å²) < 4.78 is 0. The van der Waals surface area contributed by atoms with Crippen LogP contribution >= 0.6 is 11.6 Å². The van der Waals surface area contributed by atoms with Gasteiger partial charge in [-0.05, 0) is 22.9 Å². The molecule has 15 heavy (non-hydrogen) atoms. The van der Waals surface area contributed by atoms with Crippen LogP contribution in [0.4, 0.5) is 11.5 Å². The quantitative estimate of drug-likeness (QED) is 0.352. The molecule has 0 aliphatic carbocycles. The SMILES string of the molecule is C/C(N)=N/Nc1cc(Cl)cnc1[N+](=O)[O-]. The molecule has 7 nitrogen and oxygen atoms in total. The summed E-state index contributed by atoms with van der Waals surface area (Å²) in [5, 5.41) is 14.4. The van der Waals surface area contributed by atoms with Crippen LogP contribution in [-0.2, 0) is 0 Å². The number of pyridine rings is 1. The van der Waals surface area contributed by atoms with Crippen LogP contribution in [-0.4, -0.2) is 15.7 Å². The zero-order valence-corrected chi connectivity index (χ0v) is 8.52. The zero-order chi connectivity index (χ0) is 11.4. The normalized spacial score (nSPS) is 11.2. The van der Waals surface area contributed by atoms with Gasteiger partial charge in [0.1, 0.15) is 5.84 Å². The summed E-state index contributed by atoms with van der Waals surface area (Å²) in [6, 6.07) is 1.35. The Morgan fingerprint density at radius 1 is 1.80 bits per heavy atom. The molecule has 80 valence electrons. The van der Waals surface area contributed by atoms with Gasteiger partial charge in [-0.15, -0.1) is 0 Å². The van der Waals surface area contributed by atoms with Gasteiger partial charge < -0.3 is 15.8 Å². The van der Waals surface area contributed by atoms with E-state index >= 15 is 0 Å². The number of nitrogens with two attached hydrogens (primary N) is 1. The molecule has 0 amide bonds. The highest BCUT2D eigenvalue weighted by atomic mass is 35.5. The van der Waals surface area contributed by atoms with Crippen LogP contribution in [0.3, 0.4) is 0 Å². The Balaban J connectivity index is 3.07. The molecule has 1 heterocycles. The first-order chi connectivity index (χ1) is 7.00. The lowest BCUT2D eigenvalue weighted by molar-refractivity contribution is -0.388. The van der Waals surface area contributed by atoms with Crippen LogP contribution < -0.4 is 11.2 Å². The van der Waals surface area contributed by atoms with Crippen LogP contribution in [0.15, 0.2) is 17.4 Å². The van der Waals surface area contributed by atoms with Gasteiger partial charge in [0.25, 0.3) is 0 Å². The highest BCUT2D eigenvalue weighted by Crippen LogP contribution is 2.24. The lowest BCUT2D eigenvalue weighted by Gasteiger charge is -2.01. The molecule has 0 fully saturated rings. The van der Waals surface area contributed by atoms with Gasteiger partial charge in [-0.25, -0.2) is 0 Å². The average Bonchev–Trinajstić information content (AvgIpc) is 2.14. The van der Waals surface area contributed by atoms with Crippen molar-refractivity contribution in [3.63, 3.8) is 0 Å². The van der Waals surface area contributed by atoms with E-state index in [1.165, 1.54) is 19.2 Å². The van der Waals surface area contributed by atoms with Gasteiger partial charge in [0.2, 0.25) is 0 Å². The van der Waals surface area contributed by atoms with Crippen molar-refractivity contribution in [1.82, 2.24) is 4.98 Å². The Morgan fingerprint density at radius 3 is 3.00 bits per heavy atom. The lowest BCUT2D eigenvalue weighted by atomic mass is 10.4. The molecule has 8 heteroatoms. The maximum atomic E-state index is 10.6. The summed E-state index contributed by atoms with van der Waals surface area (Å²) >= 11 is 5.63. The van der Waals surface area contributed by atoms with Crippen LogP contribution in [0.25, 0.3) is 0 Å². The van der Waals surface area contributed by atoms with E-state index in [0.717, 1.165) is 0 Å². The van der Waals surface area contributed by atoms with Crippen molar-refractivity contribution < 1.29 is 4.92 Å². The van der Waals surface area contributed by atoms with E-state index in [4.69, 9.17) is 17.3 Å². The summed E-state index contributed by atoms with van der Waals surface area (Å²) in [4.78, 5) is 13.5. The molecule has 1 aromatic heterocycles. The fourth-order valence-corrected chi connectivity index (χ4v) is 0.966. The number of anilines is 1. The van der Waals surface area contributed by atoms with Gasteiger partial charge in [-0.2, -0.15) is 5.10 Å². The molecule has 0 atom stereocenters. The third kappa shape index (κ3) is 3.06. The number of nitrogens with one attached hydrogen (secondary N) is 1. The minimum Gasteiger partial charge on any atom is -0.386 e. The number of nitrogens with zero attached hydrogens (tertiary/aromatic N) is 3. The van der Waals surface area contributed by atoms with Crippen LogP contribution in [0.5, 0.6) is 0 Å². The second kappa shape index (κ2) is 4.56. The van der Waals surface area contributed by atoms with E-state index in [-0.39, 0.29) is 22.4 Å². The molecule has 0 bridgehead atoms. The molecule has 1 rings (SSSR count). The van der Waals surface area contributed by atoms with E-state index in [9.17, 15) is 10.1 Å². The zero-order valence-electron chi connectivity index (χ0n) is 7.77. The Hall–Kier alpha value is -1.89. The van der Waals surface area contributed by atoms with Crippen molar-refractivity contribution >= 4 is 28.9 Å². The van der Waals surface area contributed by atoms with Crippen LogP contribution in [0.1, 0.15) is 6.92 Å². The standard InChI is InChI=1S/C7H8ClN5O2/c1-4(9)11-12-6-2-5(8)3-10-7(6)13(14)15/h2-3,12H,1H3,(H2,9,11). The fraction of sp³-hybridized carbons (Fsp3) is 0.143.